The molecule has 1 aromatic heterocycles. The fourth-order valence-corrected chi connectivity index (χ4v) is 9.09. The van der Waals surface area contributed by atoms with Crippen molar-refractivity contribution in [2.24, 2.45) is 10.8 Å². The number of nitrogens with zero attached hydrogens (tertiary/aromatic N) is 2. The van der Waals surface area contributed by atoms with Crippen molar-refractivity contribution in [1.29, 1.82) is 0 Å². The summed E-state index contributed by atoms with van der Waals surface area (Å²) in [5, 5.41) is 0.184. The molecule has 3 aliphatic carbocycles. The van der Waals surface area contributed by atoms with Gasteiger partial charge in [-0.05, 0) is 61.7 Å². The summed E-state index contributed by atoms with van der Waals surface area (Å²) in [7, 11) is -1.90. The summed E-state index contributed by atoms with van der Waals surface area (Å²) in [6.45, 7) is 18.3. The second-order valence-corrected chi connectivity index (χ2v) is 18.6. The molecule has 2 saturated heterocycles. The molecule has 6 heteroatoms. The number of hydrogen-bond donors (Lipinski definition) is 0. The molecule has 0 amide bonds. The van der Waals surface area contributed by atoms with Crippen molar-refractivity contribution in [2.45, 2.75) is 115 Å². The van der Waals surface area contributed by atoms with Gasteiger partial charge in [0, 0.05) is 36.4 Å². The van der Waals surface area contributed by atoms with Crippen molar-refractivity contribution in [1.82, 2.24) is 4.98 Å². The lowest BCUT2D eigenvalue weighted by atomic mass is 9.67. The van der Waals surface area contributed by atoms with Crippen molar-refractivity contribution in [2.75, 3.05) is 18.0 Å². The van der Waals surface area contributed by atoms with Gasteiger partial charge >= 0.3 is 0 Å². The Balaban J connectivity index is 1.35. The van der Waals surface area contributed by atoms with Gasteiger partial charge in [-0.2, -0.15) is 0 Å². The Hall–Kier alpha value is -0.983. The first-order valence-electron chi connectivity index (χ1n) is 13.1. The minimum Gasteiger partial charge on any atom is -0.413 e. The highest BCUT2D eigenvalue weighted by atomic mass is 28.4. The molecule has 0 aromatic carbocycles. The molecule has 5 atom stereocenters. The van der Waals surface area contributed by atoms with Crippen molar-refractivity contribution in [3.8, 4) is 0 Å². The average molecular weight is 473 g/mol. The van der Waals surface area contributed by atoms with Crippen LogP contribution in [-0.4, -0.2) is 38.1 Å². The molecule has 4 nitrogen and oxygen atoms in total. The van der Waals surface area contributed by atoms with E-state index in [4.69, 9.17) is 14.1 Å². The molecular formula is C27H41FN2O2Si. The first-order chi connectivity index (χ1) is 15.3. The number of piperidine rings is 1. The second-order valence-electron chi connectivity index (χ2n) is 13.8. The fraction of sp³-hybridized carbons (Fsp3) is 0.815. The number of anilines is 1. The molecule has 0 radical (unpaired) electrons. The molecular weight excluding hydrogens is 431 g/mol. The third-order valence-corrected chi connectivity index (χ3v) is 14.8. The molecule has 1 aromatic rings. The summed E-state index contributed by atoms with van der Waals surface area (Å²) >= 11 is 0. The van der Waals surface area contributed by atoms with Crippen LogP contribution in [-0.2, 0) is 9.16 Å². The number of rotatable bonds is 3. The molecule has 3 aliphatic heterocycles. The van der Waals surface area contributed by atoms with E-state index in [2.05, 4.69) is 52.6 Å². The van der Waals surface area contributed by atoms with Crippen molar-refractivity contribution < 1.29 is 13.6 Å². The van der Waals surface area contributed by atoms with Crippen LogP contribution in [0.3, 0.4) is 0 Å². The fourth-order valence-electron chi connectivity index (χ4n) is 7.62. The Bertz CT molecular complexity index is 999. The second kappa shape index (κ2) is 6.61. The highest BCUT2D eigenvalue weighted by Gasteiger charge is 2.88. The Morgan fingerprint density at radius 2 is 1.85 bits per heavy atom. The monoisotopic (exact) mass is 472 g/mol. The Morgan fingerprint density at radius 3 is 2.52 bits per heavy atom. The van der Waals surface area contributed by atoms with Crippen LogP contribution in [0.5, 0.6) is 0 Å². The zero-order chi connectivity index (χ0) is 23.6. The van der Waals surface area contributed by atoms with Crippen LogP contribution in [0.1, 0.15) is 96.4 Å². The van der Waals surface area contributed by atoms with Crippen LogP contribution in [0, 0.1) is 16.6 Å². The summed E-state index contributed by atoms with van der Waals surface area (Å²) in [5.74, 6) is 0.707. The third-order valence-electron chi connectivity index (χ3n) is 10.3. The van der Waals surface area contributed by atoms with Gasteiger partial charge in [0.05, 0.1) is 23.5 Å². The summed E-state index contributed by atoms with van der Waals surface area (Å²) in [5.41, 5.74) is 2.26. The normalized spacial score (nSPS) is 38.7. The molecule has 4 bridgehead atoms. The molecule has 1 unspecified atom stereocenters. The van der Waals surface area contributed by atoms with Gasteiger partial charge < -0.3 is 14.1 Å². The van der Waals surface area contributed by atoms with E-state index in [0.29, 0.717) is 11.7 Å². The van der Waals surface area contributed by atoms with Gasteiger partial charge in [0.25, 0.3) is 0 Å². The molecule has 33 heavy (non-hydrogen) atoms. The minimum atomic E-state index is -1.90. The van der Waals surface area contributed by atoms with Gasteiger partial charge in [0.1, 0.15) is 0 Å². The summed E-state index contributed by atoms with van der Waals surface area (Å²) in [6, 6.07) is 1.76. The van der Waals surface area contributed by atoms with Gasteiger partial charge in [0.15, 0.2) is 20.0 Å². The summed E-state index contributed by atoms with van der Waals surface area (Å²) in [4.78, 5) is 7.25. The van der Waals surface area contributed by atoms with Gasteiger partial charge in [-0.25, -0.2) is 9.37 Å². The Morgan fingerprint density at radius 1 is 1.15 bits per heavy atom. The smallest absolute Gasteiger partial charge is 0.192 e. The van der Waals surface area contributed by atoms with E-state index in [0.717, 1.165) is 56.5 Å². The number of ether oxygens (including phenoxy) is 1. The molecule has 2 saturated carbocycles. The highest BCUT2D eigenvalue weighted by molar-refractivity contribution is 6.74. The van der Waals surface area contributed by atoms with Crippen molar-refractivity contribution >= 4 is 14.1 Å². The maximum absolute atomic E-state index is 15.2. The van der Waals surface area contributed by atoms with E-state index < -0.39 is 8.32 Å². The number of aromatic nitrogens is 1. The van der Waals surface area contributed by atoms with Gasteiger partial charge in [-0.15, -0.1) is 0 Å². The van der Waals surface area contributed by atoms with Crippen LogP contribution in [0.4, 0.5) is 10.2 Å². The lowest BCUT2D eigenvalue weighted by Crippen LogP contribution is -2.52. The molecule has 4 fully saturated rings. The molecule has 4 heterocycles. The first kappa shape index (κ1) is 22.5. The quantitative estimate of drug-likeness (QED) is 0.457. The standard InChI is InChI=1S/C27H41FN2O2Si/c1-24(2,3)33(6,7)32-20-15-27-22-21-17(19(31-27)14-26(22,27)16-25(20,4)5)13-18(28)23(29-21)30-11-9-8-10-12-30/h13,19-20,22H,8-12,14-16H2,1-7H3/t19-,20?,22-,26-,27-/m0/s1. The Labute approximate surface area is 199 Å². The van der Waals surface area contributed by atoms with Crippen LogP contribution >= 0.6 is 0 Å². The van der Waals surface area contributed by atoms with E-state index in [1.54, 1.807) is 6.07 Å². The first-order valence-corrected chi connectivity index (χ1v) is 16.0. The molecule has 7 rings (SSSR count). The lowest BCUT2D eigenvalue weighted by molar-refractivity contribution is -0.0805. The largest absolute Gasteiger partial charge is 0.413 e. The zero-order valence-electron chi connectivity index (χ0n) is 21.6. The zero-order valence-corrected chi connectivity index (χ0v) is 22.6. The third kappa shape index (κ3) is 2.89. The van der Waals surface area contributed by atoms with Gasteiger partial charge in [-0.1, -0.05) is 34.6 Å². The predicted molar refractivity (Wildman–Crippen MR) is 132 cm³/mol. The van der Waals surface area contributed by atoms with E-state index in [1.807, 2.05) is 0 Å². The Kier molecular flexibility index (Phi) is 4.50. The maximum Gasteiger partial charge on any atom is 0.192 e. The van der Waals surface area contributed by atoms with Gasteiger partial charge in [0.2, 0.25) is 0 Å². The van der Waals surface area contributed by atoms with Crippen molar-refractivity contribution in [3.05, 3.63) is 23.1 Å². The van der Waals surface area contributed by atoms with Crippen LogP contribution in [0.15, 0.2) is 6.07 Å². The minimum absolute atomic E-state index is 0.00942. The van der Waals surface area contributed by atoms with Gasteiger partial charge in [-0.3, -0.25) is 0 Å². The SMILES string of the molecule is CC1(C)C[C@]23C[C@@H]4O[C@@]2(CC1O[Si](C)(C)C(C)(C)C)[C@H]3c1nc(N2CCCCC2)c(F)cc14. The van der Waals surface area contributed by atoms with Crippen LogP contribution in [0.25, 0.3) is 0 Å². The highest BCUT2D eigenvalue weighted by Crippen LogP contribution is 2.87. The van der Waals surface area contributed by atoms with E-state index in [9.17, 15) is 0 Å². The van der Waals surface area contributed by atoms with E-state index in [1.165, 1.54) is 6.42 Å². The number of pyridine rings is 1. The number of hydrogen-bond acceptors (Lipinski definition) is 4. The van der Waals surface area contributed by atoms with Crippen molar-refractivity contribution in [3.63, 3.8) is 0 Å². The predicted octanol–water partition coefficient (Wildman–Crippen LogP) is 6.72. The topological polar surface area (TPSA) is 34.6 Å². The molecule has 6 aliphatic rings. The average Bonchev–Trinajstić information content (AvgIpc) is 3.13. The number of halogens is 1. The summed E-state index contributed by atoms with van der Waals surface area (Å²) < 4.78 is 29.0. The lowest BCUT2D eigenvalue weighted by Gasteiger charge is -2.48. The van der Waals surface area contributed by atoms with E-state index >= 15 is 4.39 Å². The molecule has 2 spiro atoms. The van der Waals surface area contributed by atoms with E-state index in [-0.39, 0.29) is 39.5 Å². The maximum atomic E-state index is 15.2. The van der Waals surface area contributed by atoms with Crippen LogP contribution in [0.2, 0.25) is 18.1 Å². The van der Waals surface area contributed by atoms with Crippen LogP contribution < -0.4 is 4.90 Å². The molecule has 0 N–H and O–H groups in total. The summed E-state index contributed by atoms with van der Waals surface area (Å²) in [6.07, 6.45) is 6.75. The molecule has 182 valence electrons.